The van der Waals surface area contributed by atoms with Crippen LogP contribution in [0.3, 0.4) is 0 Å². The molecule has 84 valence electrons. The highest BCUT2D eigenvalue weighted by atomic mass is 16.1. The molecule has 0 aromatic carbocycles. The van der Waals surface area contributed by atoms with Gasteiger partial charge >= 0.3 is 0 Å². The molecule has 2 aliphatic rings. The molecule has 0 bridgehead atoms. The van der Waals surface area contributed by atoms with Crippen LogP contribution < -0.4 is 5.32 Å². The van der Waals surface area contributed by atoms with Gasteiger partial charge in [-0.1, -0.05) is 0 Å². The summed E-state index contributed by atoms with van der Waals surface area (Å²) in [5.41, 5.74) is 0. The molecule has 2 rings (SSSR count). The summed E-state index contributed by atoms with van der Waals surface area (Å²) in [5.74, 6) is 1.97. The van der Waals surface area contributed by atoms with E-state index < -0.39 is 0 Å². The molecule has 0 atom stereocenters. The van der Waals surface area contributed by atoms with Crippen molar-refractivity contribution in [1.29, 1.82) is 0 Å². The zero-order valence-corrected chi connectivity index (χ0v) is 9.11. The molecule has 0 aliphatic carbocycles. The Morgan fingerprint density at radius 2 is 2.27 bits per heavy atom. The summed E-state index contributed by atoms with van der Waals surface area (Å²) in [4.78, 5) is 16.8. The number of nitrogens with zero attached hydrogens (tertiary/aromatic N) is 2. The lowest BCUT2D eigenvalue weighted by Gasteiger charge is -2.29. The molecule has 2 heterocycles. The predicted octanol–water partition coefficient (Wildman–Crippen LogP) is 0.637. The molecule has 0 spiro atoms. The zero-order valence-electron chi connectivity index (χ0n) is 9.11. The van der Waals surface area contributed by atoms with E-state index in [4.69, 9.17) is 0 Å². The molecule has 0 aromatic rings. The number of carbonyl (C=O) groups is 1. The van der Waals surface area contributed by atoms with Crippen LogP contribution in [0.2, 0.25) is 0 Å². The van der Waals surface area contributed by atoms with Crippen molar-refractivity contribution in [3.63, 3.8) is 0 Å². The fourth-order valence-electron chi connectivity index (χ4n) is 2.30. The van der Waals surface area contributed by atoms with Crippen LogP contribution in [-0.4, -0.2) is 43.3 Å². The Labute approximate surface area is 90.7 Å². The molecule has 15 heavy (non-hydrogen) atoms. The number of likely N-dealkylation sites (tertiary alicyclic amines) is 1. The van der Waals surface area contributed by atoms with Crippen molar-refractivity contribution in [2.45, 2.75) is 25.7 Å². The number of piperidine rings is 1. The second-order valence-electron chi connectivity index (χ2n) is 4.38. The average molecular weight is 209 g/mol. The Morgan fingerprint density at radius 1 is 1.47 bits per heavy atom. The van der Waals surface area contributed by atoms with Gasteiger partial charge in [0.1, 0.15) is 0 Å². The molecule has 0 radical (unpaired) electrons. The van der Waals surface area contributed by atoms with E-state index in [1.54, 1.807) is 0 Å². The Kier molecular flexibility index (Phi) is 3.59. The molecule has 2 aliphatic heterocycles. The Bertz CT molecular complexity index is 244. The molecule has 0 unspecified atom stereocenters. The fraction of sp³-hybridized carbons (Fsp3) is 0.818. The van der Waals surface area contributed by atoms with E-state index in [0.29, 0.717) is 0 Å². The monoisotopic (exact) mass is 209 g/mol. The quantitative estimate of drug-likeness (QED) is 0.690. The van der Waals surface area contributed by atoms with Crippen LogP contribution in [0.15, 0.2) is 4.99 Å². The molecule has 1 N–H and O–H groups in total. The summed E-state index contributed by atoms with van der Waals surface area (Å²) in [6.45, 7) is 3.83. The molecular formula is C11H19N3O. The van der Waals surface area contributed by atoms with Crippen LogP contribution >= 0.6 is 0 Å². The third-order valence-corrected chi connectivity index (χ3v) is 3.33. The molecule has 1 saturated heterocycles. The lowest BCUT2D eigenvalue weighted by Crippen LogP contribution is -2.32. The maximum atomic E-state index is 10.5. The predicted molar refractivity (Wildman–Crippen MR) is 59.9 cm³/mol. The van der Waals surface area contributed by atoms with Crippen LogP contribution in [0.5, 0.6) is 0 Å². The normalized spacial score (nSPS) is 22.4. The van der Waals surface area contributed by atoms with Gasteiger partial charge < -0.3 is 10.2 Å². The summed E-state index contributed by atoms with van der Waals surface area (Å²) in [6.07, 6.45) is 5.60. The summed E-state index contributed by atoms with van der Waals surface area (Å²) >= 11 is 0. The van der Waals surface area contributed by atoms with Gasteiger partial charge in [-0.3, -0.25) is 9.79 Å². The maximum Gasteiger partial charge on any atom is 0.209 e. The average Bonchev–Trinajstić information content (AvgIpc) is 2.80. The minimum absolute atomic E-state index is 0.784. The smallest absolute Gasteiger partial charge is 0.209 e. The van der Waals surface area contributed by atoms with Crippen molar-refractivity contribution >= 4 is 12.2 Å². The number of amidine groups is 1. The van der Waals surface area contributed by atoms with Gasteiger partial charge in [0.25, 0.3) is 0 Å². The number of carbonyl (C=O) groups excluding carboxylic acids is 1. The number of nitrogens with one attached hydrogen (secondary N) is 1. The first-order valence-electron chi connectivity index (χ1n) is 5.85. The van der Waals surface area contributed by atoms with Crippen LogP contribution in [-0.2, 0) is 4.79 Å². The van der Waals surface area contributed by atoms with Crippen LogP contribution in [0.1, 0.15) is 25.7 Å². The van der Waals surface area contributed by atoms with E-state index in [1.807, 2.05) is 4.90 Å². The first-order valence-corrected chi connectivity index (χ1v) is 5.85. The highest BCUT2D eigenvalue weighted by Crippen LogP contribution is 2.21. The number of hydrogen-bond acceptors (Lipinski definition) is 3. The second-order valence-corrected chi connectivity index (χ2v) is 4.38. The Morgan fingerprint density at radius 3 is 2.87 bits per heavy atom. The summed E-state index contributed by atoms with van der Waals surface area (Å²) in [5, 5.41) is 3.30. The van der Waals surface area contributed by atoms with Gasteiger partial charge in [0, 0.05) is 26.1 Å². The van der Waals surface area contributed by atoms with Gasteiger partial charge in [0.05, 0.1) is 12.4 Å². The highest BCUT2D eigenvalue weighted by Gasteiger charge is 2.18. The topological polar surface area (TPSA) is 44.7 Å². The summed E-state index contributed by atoms with van der Waals surface area (Å²) in [7, 11) is 0. The van der Waals surface area contributed by atoms with Crippen molar-refractivity contribution in [2.75, 3.05) is 26.2 Å². The zero-order chi connectivity index (χ0) is 10.5. The van der Waals surface area contributed by atoms with E-state index >= 15 is 0 Å². The molecule has 0 aromatic heterocycles. The first-order chi connectivity index (χ1) is 7.38. The standard InChI is InChI=1S/C11H19N3O/c15-9-14-7-3-10(4-8-14)1-2-11-12-5-6-13-11/h9-10H,1-8H2,(H,12,13). The largest absolute Gasteiger partial charge is 0.372 e. The van der Waals surface area contributed by atoms with Gasteiger partial charge in [0.2, 0.25) is 6.41 Å². The maximum absolute atomic E-state index is 10.5. The van der Waals surface area contributed by atoms with Crippen molar-refractivity contribution in [2.24, 2.45) is 10.9 Å². The third kappa shape index (κ3) is 2.94. The van der Waals surface area contributed by atoms with Gasteiger partial charge in [-0.2, -0.15) is 0 Å². The van der Waals surface area contributed by atoms with Gasteiger partial charge in [-0.25, -0.2) is 0 Å². The van der Waals surface area contributed by atoms with Crippen LogP contribution in [0.25, 0.3) is 0 Å². The lowest BCUT2D eigenvalue weighted by atomic mass is 9.92. The van der Waals surface area contributed by atoms with Crippen molar-refractivity contribution in [1.82, 2.24) is 10.2 Å². The van der Waals surface area contributed by atoms with Gasteiger partial charge in [0.15, 0.2) is 0 Å². The minimum Gasteiger partial charge on any atom is -0.372 e. The highest BCUT2D eigenvalue weighted by molar-refractivity contribution is 5.83. The number of amides is 1. The van der Waals surface area contributed by atoms with Crippen LogP contribution in [0, 0.1) is 5.92 Å². The van der Waals surface area contributed by atoms with Crippen molar-refractivity contribution in [3.8, 4) is 0 Å². The van der Waals surface area contributed by atoms with Gasteiger partial charge in [-0.15, -0.1) is 0 Å². The lowest BCUT2D eigenvalue weighted by molar-refractivity contribution is -0.119. The van der Waals surface area contributed by atoms with E-state index in [9.17, 15) is 4.79 Å². The molecule has 1 fully saturated rings. The fourth-order valence-corrected chi connectivity index (χ4v) is 2.30. The third-order valence-electron chi connectivity index (χ3n) is 3.33. The molecule has 4 heteroatoms. The molecule has 4 nitrogen and oxygen atoms in total. The molecular weight excluding hydrogens is 190 g/mol. The van der Waals surface area contributed by atoms with Crippen molar-refractivity contribution in [3.05, 3.63) is 0 Å². The Balaban J connectivity index is 1.66. The summed E-state index contributed by atoms with van der Waals surface area (Å²) < 4.78 is 0. The number of aliphatic imine (C=N–C) groups is 1. The van der Waals surface area contributed by atoms with E-state index in [2.05, 4.69) is 10.3 Å². The van der Waals surface area contributed by atoms with Crippen molar-refractivity contribution < 1.29 is 4.79 Å². The first kappa shape index (κ1) is 10.5. The summed E-state index contributed by atoms with van der Waals surface area (Å²) in [6, 6.07) is 0. The van der Waals surface area contributed by atoms with E-state index in [1.165, 1.54) is 12.3 Å². The van der Waals surface area contributed by atoms with Gasteiger partial charge in [-0.05, 0) is 25.2 Å². The second kappa shape index (κ2) is 5.14. The Hall–Kier alpha value is -1.06. The number of rotatable bonds is 4. The number of hydrogen-bond donors (Lipinski definition) is 1. The van der Waals surface area contributed by atoms with E-state index in [-0.39, 0.29) is 0 Å². The van der Waals surface area contributed by atoms with E-state index in [0.717, 1.165) is 57.8 Å². The molecule has 1 amide bonds. The minimum atomic E-state index is 0.784. The molecule has 0 saturated carbocycles. The van der Waals surface area contributed by atoms with Crippen LogP contribution in [0.4, 0.5) is 0 Å². The SMILES string of the molecule is O=CN1CCC(CCC2=NCCN2)CC1.